The van der Waals surface area contributed by atoms with Gasteiger partial charge in [0.1, 0.15) is 11.9 Å². The molecule has 126 valence electrons. The zero-order chi connectivity index (χ0) is 16.1. The standard InChI is InChI=1S/C18H25FN2O2/c19-16-7-2-1-5-15(16)6-3-9-20-10-12-21(13-11-20)18(22)17-8-4-14-23-17/h1-2,5,7,17H,3-4,6,8-14H2. The predicted octanol–water partition coefficient (Wildman–Crippen LogP) is 2.08. The Morgan fingerprint density at radius 2 is 2.00 bits per heavy atom. The SMILES string of the molecule is O=C(C1CCCO1)N1CCN(CCCc2ccccc2F)CC1. The lowest BCUT2D eigenvalue weighted by Crippen LogP contribution is -2.51. The Hall–Kier alpha value is -1.46. The van der Waals surface area contributed by atoms with E-state index in [4.69, 9.17) is 4.74 Å². The molecule has 1 aromatic carbocycles. The molecule has 1 unspecified atom stereocenters. The van der Waals surface area contributed by atoms with E-state index in [-0.39, 0.29) is 17.8 Å². The van der Waals surface area contributed by atoms with E-state index in [1.54, 1.807) is 6.07 Å². The third-order valence-electron chi connectivity index (χ3n) is 4.77. The molecule has 0 aliphatic carbocycles. The van der Waals surface area contributed by atoms with E-state index in [1.807, 2.05) is 17.0 Å². The first-order valence-electron chi connectivity index (χ1n) is 8.60. The fourth-order valence-electron chi connectivity index (χ4n) is 3.36. The first-order valence-corrected chi connectivity index (χ1v) is 8.60. The summed E-state index contributed by atoms with van der Waals surface area (Å²) in [6.45, 7) is 5.02. The highest BCUT2D eigenvalue weighted by Crippen LogP contribution is 2.16. The molecule has 0 bridgehead atoms. The summed E-state index contributed by atoms with van der Waals surface area (Å²) < 4.78 is 19.1. The summed E-state index contributed by atoms with van der Waals surface area (Å²) >= 11 is 0. The molecule has 2 fully saturated rings. The molecule has 0 N–H and O–H groups in total. The van der Waals surface area contributed by atoms with E-state index < -0.39 is 0 Å². The zero-order valence-corrected chi connectivity index (χ0v) is 13.5. The Morgan fingerprint density at radius 1 is 1.22 bits per heavy atom. The lowest BCUT2D eigenvalue weighted by Gasteiger charge is -2.35. The number of carbonyl (C=O) groups excluding carboxylic acids is 1. The summed E-state index contributed by atoms with van der Waals surface area (Å²) in [6.07, 6.45) is 3.36. The van der Waals surface area contributed by atoms with E-state index in [2.05, 4.69) is 4.90 Å². The molecule has 1 atom stereocenters. The number of carbonyl (C=O) groups is 1. The molecule has 23 heavy (non-hydrogen) atoms. The lowest BCUT2D eigenvalue weighted by molar-refractivity contribution is -0.142. The van der Waals surface area contributed by atoms with E-state index in [9.17, 15) is 9.18 Å². The second-order valence-corrected chi connectivity index (χ2v) is 6.36. The second kappa shape index (κ2) is 7.88. The molecular formula is C18H25FN2O2. The van der Waals surface area contributed by atoms with Crippen LogP contribution < -0.4 is 0 Å². The maximum absolute atomic E-state index is 13.6. The molecule has 0 saturated carbocycles. The molecular weight excluding hydrogens is 295 g/mol. The third-order valence-corrected chi connectivity index (χ3v) is 4.77. The number of ether oxygens (including phenoxy) is 1. The van der Waals surface area contributed by atoms with Gasteiger partial charge in [-0.2, -0.15) is 0 Å². The average Bonchev–Trinajstić information content (AvgIpc) is 3.11. The van der Waals surface area contributed by atoms with Crippen LogP contribution in [0.4, 0.5) is 4.39 Å². The van der Waals surface area contributed by atoms with Crippen LogP contribution in [0.1, 0.15) is 24.8 Å². The van der Waals surface area contributed by atoms with E-state index in [0.717, 1.165) is 64.0 Å². The van der Waals surface area contributed by atoms with E-state index >= 15 is 0 Å². The Labute approximate surface area is 137 Å². The van der Waals surface area contributed by atoms with Crippen molar-refractivity contribution in [3.63, 3.8) is 0 Å². The number of benzene rings is 1. The fourth-order valence-corrected chi connectivity index (χ4v) is 3.36. The van der Waals surface area contributed by atoms with Gasteiger partial charge in [0.05, 0.1) is 0 Å². The van der Waals surface area contributed by atoms with Crippen LogP contribution in [0, 0.1) is 5.82 Å². The van der Waals surface area contributed by atoms with Gasteiger partial charge in [0.15, 0.2) is 0 Å². The van der Waals surface area contributed by atoms with Gasteiger partial charge in [-0.3, -0.25) is 9.69 Å². The summed E-state index contributed by atoms with van der Waals surface area (Å²) in [6, 6.07) is 6.98. The summed E-state index contributed by atoms with van der Waals surface area (Å²) in [4.78, 5) is 16.6. The molecule has 0 radical (unpaired) electrons. The van der Waals surface area contributed by atoms with Crippen molar-refractivity contribution in [2.45, 2.75) is 31.8 Å². The van der Waals surface area contributed by atoms with Crippen molar-refractivity contribution in [1.82, 2.24) is 9.80 Å². The van der Waals surface area contributed by atoms with Crippen LogP contribution in [0.5, 0.6) is 0 Å². The largest absolute Gasteiger partial charge is 0.368 e. The quantitative estimate of drug-likeness (QED) is 0.833. The molecule has 2 heterocycles. The summed E-state index contributed by atoms with van der Waals surface area (Å²) in [5.74, 6) is 0.0491. The van der Waals surface area contributed by atoms with Gasteiger partial charge in [0, 0.05) is 32.8 Å². The van der Waals surface area contributed by atoms with Crippen LogP contribution in [0.2, 0.25) is 0 Å². The molecule has 0 aromatic heterocycles. The minimum absolute atomic E-state index is 0.112. The van der Waals surface area contributed by atoms with Crippen molar-refractivity contribution in [2.24, 2.45) is 0 Å². The Kier molecular flexibility index (Phi) is 5.62. The van der Waals surface area contributed by atoms with Gasteiger partial charge in [-0.15, -0.1) is 0 Å². The van der Waals surface area contributed by atoms with Crippen molar-refractivity contribution in [1.29, 1.82) is 0 Å². The second-order valence-electron chi connectivity index (χ2n) is 6.36. The van der Waals surface area contributed by atoms with Gasteiger partial charge in [-0.25, -0.2) is 4.39 Å². The minimum Gasteiger partial charge on any atom is -0.368 e. The van der Waals surface area contributed by atoms with Crippen molar-refractivity contribution in [3.8, 4) is 0 Å². The smallest absolute Gasteiger partial charge is 0.251 e. The number of amides is 1. The zero-order valence-electron chi connectivity index (χ0n) is 13.5. The topological polar surface area (TPSA) is 32.8 Å². The summed E-state index contributed by atoms with van der Waals surface area (Å²) in [7, 11) is 0. The molecule has 1 amide bonds. The highest BCUT2D eigenvalue weighted by atomic mass is 19.1. The first kappa shape index (κ1) is 16.4. The van der Waals surface area contributed by atoms with Crippen molar-refractivity contribution >= 4 is 5.91 Å². The van der Waals surface area contributed by atoms with Crippen LogP contribution in [0.15, 0.2) is 24.3 Å². The number of aryl methyl sites for hydroxylation is 1. The van der Waals surface area contributed by atoms with Crippen LogP contribution in [0.25, 0.3) is 0 Å². The fraction of sp³-hybridized carbons (Fsp3) is 0.611. The first-order chi connectivity index (χ1) is 11.2. The van der Waals surface area contributed by atoms with Crippen LogP contribution in [-0.2, 0) is 16.0 Å². The maximum Gasteiger partial charge on any atom is 0.251 e. The number of nitrogens with zero attached hydrogens (tertiary/aromatic N) is 2. The maximum atomic E-state index is 13.6. The van der Waals surface area contributed by atoms with E-state index in [0.29, 0.717) is 6.61 Å². The summed E-state index contributed by atoms with van der Waals surface area (Å²) in [5, 5.41) is 0. The average molecular weight is 320 g/mol. The van der Waals surface area contributed by atoms with E-state index in [1.165, 1.54) is 6.07 Å². The van der Waals surface area contributed by atoms with Gasteiger partial charge < -0.3 is 9.64 Å². The van der Waals surface area contributed by atoms with Gasteiger partial charge in [-0.05, 0) is 43.9 Å². The molecule has 4 nitrogen and oxygen atoms in total. The third kappa shape index (κ3) is 4.30. The highest BCUT2D eigenvalue weighted by molar-refractivity contribution is 5.81. The molecule has 2 saturated heterocycles. The van der Waals surface area contributed by atoms with Crippen molar-refractivity contribution < 1.29 is 13.9 Å². The van der Waals surface area contributed by atoms with Gasteiger partial charge in [0.2, 0.25) is 0 Å². The van der Waals surface area contributed by atoms with Crippen LogP contribution >= 0.6 is 0 Å². The molecule has 5 heteroatoms. The number of hydrogen-bond acceptors (Lipinski definition) is 3. The highest BCUT2D eigenvalue weighted by Gasteiger charge is 2.30. The van der Waals surface area contributed by atoms with Crippen LogP contribution in [0.3, 0.4) is 0 Å². The molecule has 1 aromatic rings. The monoisotopic (exact) mass is 320 g/mol. The predicted molar refractivity (Wildman–Crippen MR) is 86.7 cm³/mol. The number of hydrogen-bond donors (Lipinski definition) is 0. The number of halogens is 1. The Bertz CT molecular complexity index is 524. The Morgan fingerprint density at radius 3 is 2.70 bits per heavy atom. The minimum atomic E-state index is -0.206. The van der Waals surface area contributed by atoms with Gasteiger partial charge in [-0.1, -0.05) is 18.2 Å². The normalized spacial score (nSPS) is 22.5. The molecule has 3 rings (SSSR count). The van der Waals surface area contributed by atoms with Crippen LogP contribution in [-0.4, -0.2) is 61.1 Å². The lowest BCUT2D eigenvalue weighted by atomic mass is 10.1. The van der Waals surface area contributed by atoms with Gasteiger partial charge >= 0.3 is 0 Å². The Balaban J connectivity index is 1.37. The number of rotatable bonds is 5. The van der Waals surface area contributed by atoms with Gasteiger partial charge in [0.25, 0.3) is 5.91 Å². The molecule has 0 spiro atoms. The molecule has 2 aliphatic heterocycles. The van der Waals surface area contributed by atoms with Crippen molar-refractivity contribution in [3.05, 3.63) is 35.6 Å². The number of piperazine rings is 1. The van der Waals surface area contributed by atoms with Crippen molar-refractivity contribution in [2.75, 3.05) is 39.3 Å². The molecule has 2 aliphatic rings. The summed E-state index contributed by atoms with van der Waals surface area (Å²) in [5.41, 5.74) is 0.791.